The molecule has 18 heavy (non-hydrogen) atoms. The molecule has 0 heterocycles. The molecule has 100 valence electrons. The fourth-order valence-electron chi connectivity index (χ4n) is 1.92. The molecule has 1 amide bonds. The van der Waals surface area contributed by atoms with Gasteiger partial charge in [-0.2, -0.15) is 0 Å². The van der Waals surface area contributed by atoms with E-state index in [0.29, 0.717) is 11.3 Å². The summed E-state index contributed by atoms with van der Waals surface area (Å²) in [6.07, 6.45) is 0.750. The zero-order chi connectivity index (χ0) is 13.7. The number of nitrogens with one attached hydrogen (secondary N) is 1. The average molecular weight is 250 g/mol. The topological polar surface area (TPSA) is 64.3 Å². The standard InChI is InChI=1S/C14H22N2O2/c1-9-5-6-13(18-4)12(7-9)14(17)16-11(3)8-10(2)15/h5-7,10-11H,8,15H2,1-4H3,(H,16,17). The number of hydrogen-bond acceptors (Lipinski definition) is 3. The summed E-state index contributed by atoms with van der Waals surface area (Å²) >= 11 is 0. The highest BCUT2D eigenvalue weighted by Gasteiger charge is 2.15. The Bertz CT molecular complexity index is 416. The van der Waals surface area contributed by atoms with Gasteiger partial charge in [-0.3, -0.25) is 4.79 Å². The summed E-state index contributed by atoms with van der Waals surface area (Å²) in [4.78, 5) is 12.1. The molecule has 0 aromatic heterocycles. The lowest BCUT2D eigenvalue weighted by atomic mass is 10.1. The SMILES string of the molecule is COc1ccc(C)cc1C(=O)NC(C)CC(C)N. The van der Waals surface area contributed by atoms with Gasteiger partial charge in [0.15, 0.2) is 0 Å². The largest absolute Gasteiger partial charge is 0.496 e. The van der Waals surface area contributed by atoms with Crippen molar-refractivity contribution in [1.29, 1.82) is 0 Å². The van der Waals surface area contributed by atoms with Crippen LogP contribution in [0.2, 0.25) is 0 Å². The smallest absolute Gasteiger partial charge is 0.255 e. The molecular weight excluding hydrogens is 228 g/mol. The molecule has 0 saturated carbocycles. The van der Waals surface area contributed by atoms with Crippen molar-refractivity contribution in [1.82, 2.24) is 5.32 Å². The van der Waals surface area contributed by atoms with Gasteiger partial charge in [-0.05, 0) is 39.3 Å². The van der Waals surface area contributed by atoms with Crippen LogP contribution in [0.5, 0.6) is 5.75 Å². The number of benzene rings is 1. The number of methoxy groups -OCH3 is 1. The second kappa shape index (κ2) is 6.40. The molecule has 0 saturated heterocycles. The van der Waals surface area contributed by atoms with Crippen molar-refractivity contribution in [2.75, 3.05) is 7.11 Å². The van der Waals surface area contributed by atoms with E-state index in [0.717, 1.165) is 12.0 Å². The minimum Gasteiger partial charge on any atom is -0.496 e. The van der Waals surface area contributed by atoms with Gasteiger partial charge in [0.25, 0.3) is 5.91 Å². The van der Waals surface area contributed by atoms with E-state index in [2.05, 4.69) is 5.32 Å². The van der Waals surface area contributed by atoms with Gasteiger partial charge in [0, 0.05) is 12.1 Å². The Balaban J connectivity index is 2.80. The van der Waals surface area contributed by atoms with E-state index >= 15 is 0 Å². The van der Waals surface area contributed by atoms with E-state index in [1.807, 2.05) is 32.9 Å². The molecule has 0 bridgehead atoms. The van der Waals surface area contributed by atoms with Gasteiger partial charge in [0.1, 0.15) is 5.75 Å². The highest BCUT2D eigenvalue weighted by molar-refractivity contribution is 5.97. The van der Waals surface area contributed by atoms with Crippen LogP contribution in [0, 0.1) is 6.92 Å². The minimum atomic E-state index is -0.122. The van der Waals surface area contributed by atoms with E-state index < -0.39 is 0 Å². The average Bonchev–Trinajstić information content (AvgIpc) is 2.27. The molecule has 0 spiro atoms. The highest BCUT2D eigenvalue weighted by Crippen LogP contribution is 2.19. The second-order valence-electron chi connectivity index (χ2n) is 4.79. The van der Waals surface area contributed by atoms with Crippen LogP contribution in [0.4, 0.5) is 0 Å². The van der Waals surface area contributed by atoms with Crippen molar-refractivity contribution in [2.45, 2.75) is 39.3 Å². The van der Waals surface area contributed by atoms with E-state index in [1.54, 1.807) is 13.2 Å². The van der Waals surface area contributed by atoms with Gasteiger partial charge >= 0.3 is 0 Å². The molecule has 1 aromatic carbocycles. The Morgan fingerprint density at radius 2 is 2.11 bits per heavy atom. The normalized spacial score (nSPS) is 13.8. The second-order valence-corrected chi connectivity index (χ2v) is 4.79. The maximum Gasteiger partial charge on any atom is 0.255 e. The van der Waals surface area contributed by atoms with Crippen LogP contribution in [-0.2, 0) is 0 Å². The summed E-state index contributed by atoms with van der Waals surface area (Å²) in [7, 11) is 1.56. The third-order valence-electron chi connectivity index (χ3n) is 2.70. The number of nitrogens with two attached hydrogens (primary N) is 1. The van der Waals surface area contributed by atoms with Crippen LogP contribution in [0.15, 0.2) is 18.2 Å². The van der Waals surface area contributed by atoms with Crippen molar-refractivity contribution >= 4 is 5.91 Å². The van der Waals surface area contributed by atoms with Crippen molar-refractivity contribution < 1.29 is 9.53 Å². The van der Waals surface area contributed by atoms with Crippen LogP contribution < -0.4 is 15.8 Å². The highest BCUT2D eigenvalue weighted by atomic mass is 16.5. The maximum atomic E-state index is 12.1. The molecule has 0 fully saturated rings. The molecule has 2 atom stereocenters. The van der Waals surface area contributed by atoms with Crippen molar-refractivity contribution in [3.63, 3.8) is 0 Å². The Morgan fingerprint density at radius 1 is 1.44 bits per heavy atom. The predicted octanol–water partition coefficient (Wildman–Crippen LogP) is 1.86. The summed E-state index contributed by atoms with van der Waals surface area (Å²) < 4.78 is 5.20. The first-order valence-electron chi connectivity index (χ1n) is 6.15. The summed E-state index contributed by atoms with van der Waals surface area (Å²) in [5.74, 6) is 0.467. The van der Waals surface area contributed by atoms with Crippen LogP contribution in [0.25, 0.3) is 0 Å². The van der Waals surface area contributed by atoms with Gasteiger partial charge in [-0.25, -0.2) is 0 Å². The Kier molecular flexibility index (Phi) is 5.16. The molecular formula is C14H22N2O2. The third-order valence-corrected chi connectivity index (χ3v) is 2.70. The molecule has 0 radical (unpaired) electrons. The van der Waals surface area contributed by atoms with Crippen molar-refractivity contribution in [2.24, 2.45) is 5.73 Å². The maximum absolute atomic E-state index is 12.1. The molecule has 3 N–H and O–H groups in total. The lowest BCUT2D eigenvalue weighted by Crippen LogP contribution is -2.36. The number of rotatable bonds is 5. The predicted molar refractivity (Wildman–Crippen MR) is 72.9 cm³/mol. The monoisotopic (exact) mass is 250 g/mol. The number of aryl methyl sites for hydroxylation is 1. The van der Waals surface area contributed by atoms with E-state index in [4.69, 9.17) is 10.5 Å². The first kappa shape index (κ1) is 14.5. The molecule has 0 aliphatic carbocycles. The zero-order valence-corrected chi connectivity index (χ0v) is 11.5. The summed E-state index contributed by atoms with van der Waals surface area (Å²) in [6.45, 7) is 5.82. The van der Waals surface area contributed by atoms with Gasteiger partial charge in [-0.1, -0.05) is 11.6 Å². The van der Waals surface area contributed by atoms with Gasteiger partial charge in [0.05, 0.1) is 12.7 Å². The molecule has 0 aliphatic heterocycles. The van der Waals surface area contributed by atoms with E-state index in [1.165, 1.54) is 0 Å². The number of hydrogen-bond donors (Lipinski definition) is 2. The Labute approximate surface area is 109 Å². The fourth-order valence-corrected chi connectivity index (χ4v) is 1.92. The fraction of sp³-hybridized carbons (Fsp3) is 0.500. The molecule has 1 aromatic rings. The summed E-state index contributed by atoms with van der Waals surface area (Å²) in [6, 6.07) is 5.66. The zero-order valence-electron chi connectivity index (χ0n) is 11.5. The third kappa shape index (κ3) is 4.04. The molecule has 2 unspecified atom stereocenters. The van der Waals surface area contributed by atoms with Gasteiger partial charge in [0.2, 0.25) is 0 Å². The molecule has 4 nitrogen and oxygen atoms in total. The lowest BCUT2D eigenvalue weighted by molar-refractivity contribution is 0.0934. The quantitative estimate of drug-likeness (QED) is 0.838. The van der Waals surface area contributed by atoms with Crippen LogP contribution in [0.3, 0.4) is 0 Å². The molecule has 0 aliphatic rings. The van der Waals surface area contributed by atoms with Gasteiger partial charge < -0.3 is 15.8 Å². The molecule has 4 heteroatoms. The number of carbonyl (C=O) groups is 1. The van der Waals surface area contributed by atoms with Crippen molar-refractivity contribution in [3.05, 3.63) is 29.3 Å². The number of carbonyl (C=O) groups excluding carboxylic acids is 1. The summed E-state index contributed by atoms with van der Waals surface area (Å²) in [5, 5.41) is 2.93. The Morgan fingerprint density at radius 3 is 2.67 bits per heavy atom. The first-order valence-corrected chi connectivity index (χ1v) is 6.15. The van der Waals surface area contributed by atoms with Crippen molar-refractivity contribution in [3.8, 4) is 5.75 Å². The van der Waals surface area contributed by atoms with Crippen LogP contribution in [-0.4, -0.2) is 25.1 Å². The number of amides is 1. The van der Waals surface area contributed by atoms with E-state index in [9.17, 15) is 4.79 Å². The first-order chi connectivity index (χ1) is 8.43. The Hall–Kier alpha value is -1.55. The molecule has 1 rings (SSSR count). The number of ether oxygens (including phenoxy) is 1. The lowest BCUT2D eigenvalue weighted by Gasteiger charge is -2.17. The van der Waals surface area contributed by atoms with E-state index in [-0.39, 0.29) is 18.0 Å². The summed E-state index contributed by atoms with van der Waals surface area (Å²) in [5.41, 5.74) is 7.30. The van der Waals surface area contributed by atoms with Crippen LogP contribution >= 0.6 is 0 Å². The van der Waals surface area contributed by atoms with Gasteiger partial charge in [-0.15, -0.1) is 0 Å². The minimum absolute atomic E-state index is 0.0442. The van der Waals surface area contributed by atoms with Crippen LogP contribution in [0.1, 0.15) is 36.2 Å².